The lowest BCUT2D eigenvalue weighted by atomic mass is 10.0. The number of hydrogen-bond donors (Lipinski definition) is 3. The van der Waals surface area contributed by atoms with Crippen molar-refractivity contribution in [3.63, 3.8) is 0 Å². The molecule has 0 aromatic carbocycles. The number of nitrogens with one attached hydrogen (secondary N) is 1. The molecule has 0 aromatic rings. The van der Waals surface area contributed by atoms with E-state index < -0.39 is 11.9 Å². The lowest BCUT2D eigenvalue weighted by Gasteiger charge is -2.28. The van der Waals surface area contributed by atoms with Gasteiger partial charge in [-0.1, -0.05) is 13.8 Å². The number of primary amides is 1. The maximum Gasteiger partial charge on any atom is 0.237 e. The van der Waals surface area contributed by atoms with E-state index >= 15 is 0 Å². The molecule has 0 aliphatic carbocycles. The van der Waals surface area contributed by atoms with Gasteiger partial charge in [0.05, 0.1) is 12.5 Å². The van der Waals surface area contributed by atoms with Crippen molar-refractivity contribution in [3.8, 4) is 0 Å². The molecule has 0 saturated heterocycles. The number of amides is 2. The summed E-state index contributed by atoms with van der Waals surface area (Å²) in [4.78, 5) is 24.2. The van der Waals surface area contributed by atoms with Crippen LogP contribution in [0.5, 0.6) is 0 Å². The van der Waals surface area contributed by atoms with Crippen LogP contribution in [0.4, 0.5) is 0 Å². The van der Waals surface area contributed by atoms with E-state index in [-0.39, 0.29) is 18.4 Å². The zero-order chi connectivity index (χ0) is 13.6. The van der Waals surface area contributed by atoms with Crippen LogP contribution in [0.1, 0.15) is 20.3 Å². The van der Waals surface area contributed by atoms with E-state index in [1.54, 1.807) is 0 Å². The Morgan fingerprint density at radius 1 is 1.29 bits per heavy atom. The van der Waals surface area contributed by atoms with Crippen LogP contribution >= 0.6 is 0 Å². The van der Waals surface area contributed by atoms with Crippen LogP contribution in [0.3, 0.4) is 0 Å². The molecule has 0 spiro atoms. The van der Waals surface area contributed by atoms with Gasteiger partial charge in [-0.3, -0.25) is 9.59 Å². The Morgan fingerprint density at radius 3 is 2.18 bits per heavy atom. The Balaban J connectivity index is 4.17. The Labute approximate surface area is 103 Å². The van der Waals surface area contributed by atoms with Gasteiger partial charge in [-0.2, -0.15) is 0 Å². The predicted octanol–water partition coefficient (Wildman–Crippen LogP) is -1.11. The number of carbonyl (C=O) groups is 2. The molecule has 0 bridgehead atoms. The smallest absolute Gasteiger partial charge is 0.237 e. The highest BCUT2D eigenvalue weighted by molar-refractivity contribution is 5.87. The second-order valence-electron chi connectivity index (χ2n) is 4.80. The highest BCUT2D eigenvalue weighted by Gasteiger charge is 2.20. The average molecular weight is 244 g/mol. The Morgan fingerprint density at radius 2 is 1.82 bits per heavy atom. The number of nitrogens with two attached hydrogens (primary N) is 2. The van der Waals surface area contributed by atoms with Crippen molar-refractivity contribution in [2.75, 3.05) is 20.6 Å². The summed E-state index contributed by atoms with van der Waals surface area (Å²) in [7, 11) is 3.92. The van der Waals surface area contributed by atoms with Crippen LogP contribution in [0, 0.1) is 5.92 Å². The molecule has 2 atom stereocenters. The summed E-state index contributed by atoms with van der Waals surface area (Å²) in [5.74, 6) is -0.491. The number of likely N-dealkylation sites (N-methyl/N-ethyl adjacent to an activating group) is 1. The summed E-state index contributed by atoms with van der Waals surface area (Å²) in [5.41, 5.74) is 10.5. The van der Waals surface area contributed by atoms with Crippen LogP contribution in [0.15, 0.2) is 0 Å². The highest BCUT2D eigenvalue weighted by atomic mass is 16.2. The molecule has 0 fully saturated rings. The second-order valence-corrected chi connectivity index (χ2v) is 4.80. The number of hydrogen-bond acceptors (Lipinski definition) is 4. The van der Waals surface area contributed by atoms with Crippen LogP contribution in [-0.4, -0.2) is 49.4 Å². The van der Waals surface area contributed by atoms with Crippen molar-refractivity contribution in [1.29, 1.82) is 0 Å². The number of rotatable bonds is 7. The van der Waals surface area contributed by atoms with E-state index in [9.17, 15) is 9.59 Å². The minimum atomic E-state index is -0.859. The third-order valence-corrected chi connectivity index (χ3v) is 2.68. The zero-order valence-corrected chi connectivity index (χ0v) is 11.1. The third kappa shape index (κ3) is 6.23. The van der Waals surface area contributed by atoms with Gasteiger partial charge >= 0.3 is 0 Å². The van der Waals surface area contributed by atoms with Crippen molar-refractivity contribution >= 4 is 11.8 Å². The summed E-state index contributed by atoms with van der Waals surface area (Å²) in [6.07, 6.45) is -0.125. The molecule has 2 amide bonds. The fraction of sp³-hybridized carbons (Fsp3) is 0.818. The lowest BCUT2D eigenvalue weighted by molar-refractivity contribution is -0.126. The topological polar surface area (TPSA) is 101 Å². The predicted molar refractivity (Wildman–Crippen MR) is 67.1 cm³/mol. The Hall–Kier alpha value is -1.14. The fourth-order valence-electron chi connectivity index (χ4n) is 1.66. The molecule has 6 nitrogen and oxygen atoms in total. The zero-order valence-electron chi connectivity index (χ0n) is 11.1. The van der Waals surface area contributed by atoms with E-state index in [4.69, 9.17) is 11.5 Å². The summed E-state index contributed by atoms with van der Waals surface area (Å²) < 4.78 is 0. The summed E-state index contributed by atoms with van der Waals surface area (Å²) in [6, 6.07) is -0.623. The Bertz CT molecular complexity index is 258. The number of nitrogens with zero attached hydrogens (tertiary/aromatic N) is 1. The average Bonchev–Trinajstić information content (AvgIpc) is 2.15. The first-order chi connectivity index (χ1) is 7.75. The van der Waals surface area contributed by atoms with Gasteiger partial charge in [0, 0.05) is 12.6 Å². The third-order valence-electron chi connectivity index (χ3n) is 2.68. The van der Waals surface area contributed by atoms with Crippen molar-refractivity contribution < 1.29 is 9.59 Å². The van der Waals surface area contributed by atoms with E-state index in [1.807, 2.05) is 19.0 Å². The van der Waals surface area contributed by atoms with Crippen LogP contribution < -0.4 is 16.8 Å². The van der Waals surface area contributed by atoms with Crippen molar-refractivity contribution in [2.45, 2.75) is 32.4 Å². The van der Waals surface area contributed by atoms with Gasteiger partial charge in [0.15, 0.2) is 0 Å². The molecule has 0 heterocycles. The molecule has 0 saturated carbocycles. The molecule has 0 rings (SSSR count). The first kappa shape index (κ1) is 15.9. The minimum Gasteiger partial charge on any atom is -0.370 e. The molecule has 100 valence electrons. The van der Waals surface area contributed by atoms with Crippen LogP contribution in [0.2, 0.25) is 0 Å². The fourth-order valence-corrected chi connectivity index (χ4v) is 1.66. The quantitative estimate of drug-likeness (QED) is 0.528. The molecule has 0 aromatic heterocycles. The summed E-state index contributed by atoms with van der Waals surface area (Å²) in [6.45, 7) is 4.68. The molecule has 0 aliphatic heterocycles. The first-order valence-electron chi connectivity index (χ1n) is 5.73. The highest BCUT2D eigenvalue weighted by Crippen LogP contribution is 2.05. The monoisotopic (exact) mass is 244 g/mol. The van der Waals surface area contributed by atoms with Crippen molar-refractivity contribution in [3.05, 3.63) is 0 Å². The SMILES string of the molecule is CC(C)C(CNC(=O)C(N)CC(N)=O)N(C)C. The van der Waals surface area contributed by atoms with Gasteiger partial charge in [-0.25, -0.2) is 0 Å². The Kier molecular flexibility index (Phi) is 6.75. The van der Waals surface area contributed by atoms with Gasteiger partial charge in [0.1, 0.15) is 0 Å². The van der Waals surface area contributed by atoms with Crippen molar-refractivity contribution in [2.24, 2.45) is 17.4 Å². The first-order valence-corrected chi connectivity index (χ1v) is 5.73. The van der Waals surface area contributed by atoms with E-state index in [0.29, 0.717) is 12.5 Å². The maximum atomic E-state index is 11.6. The molecule has 2 unspecified atom stereocenters. The van der Waals surface area contributed by atoms with Crippen LogP contribution in [-0.2, 0) is 9.59 Å². The summed E-state index contributed by atoms with van der Waals surface area (Å²) >= 11 is 0. The van der Waals surface area contributed by atoms with E-state index in [2.05, 4.69) is 19.2 Å². The molecule has 17 heavy (non-hydrogen) atoms. The lowest BCUT2D eigenvalue weighted by Crippen LogP contribution is -2.49. The van der Waals surface area contributed by atoms with E-state index in [1.165, 1.54) is 0 Å². The van der Waals surface area contributed by atoms with Crippen LogP contribution in [0.25, 0.3) is 0 Å². The number of carbonyl (C=O) groups excluding carboxylic acids is 2. The second kappa shape index (κ2) is 7.24. The standard InChI is InChI=1S/C11H24N4O2/c1-7(2)9(15(3)4)6-14-11(17)8(12)5-10(13)16/h7-9H,5-6,12H2,1-4H3,(H2,13,16)(H,14,17). The molecule has 0 aliphatic rings. The van der Waals surface area contributed by atoms with Gasteiger partial charge in [-0.05, 0) is 20.0 Å². The van der Waals surface area contributed by atoms with Gasteiger partial charge < -0.3 is 21.7 Å². The molecule has 0 radical (unpaired) electrons. The maximum absolute atomic E-state index is 11.6. The summed E-state index contributed by atoms with van der Waals surface area (Å²) in [5, 5.41) is 2.74. The van der Waals surface area contributed by atoms with Gasteiger partial charge in [0.25, 0.3) is 0 Å². The largest absolute Gasteiger partial charge is 0.370 e. The molecule has 6 heteroatoms. The molecular formula is C11H24N4O2. The minimum absolute atomic E-state index is 0.125. The van der Waals surface area contributed by atoms with Crippen molar-refractivity contribution in [1.82, 2.24) is 10.2 Å². The normalized spacial score (nSPS) is 14.8. The molecular weight excluding hydrogens is 220 g/mol. The molecule has 5 N–H and O–H groups in total. The van der Waals surface area contributed by atoms with Gasteiger partial charge in [-0.15, -0.1) is 0 Å². The van der Waals surface area contributed by atoms with E-state index in [0.717, 1.165) is 0 Å². The van der Waals surface area contributed by atoms with Gasteiger partial charge in [0.2, 0.25) is 11.8 Å².